The molecule has 0 radical (unpaired) electrons. The summed E-state index contributed by atoms with van der Waals surface area (Å²) in [5.41, 5.74) is 0.367. The smallest absolute Gasteiger partial charge is 0.310 e. The van der Waals surface area contributed by atoms with Gasteiger partial charge in [0, 0.05) is 24.7 Å². The third-order valence-corrected chi connectivity index (χ3v) is 8.55. The van der Waals surface area contributed by atoms with Crippen LogP contribution in [0.4, 0.5) is 0 Å². The van der Waals surface area contributed by atoms with Crippen LogP contribution >= 0.6 is 0 Å². The van der Waals surface area contributed by atoms with Crippen molar-refractivity contribution in [1.29, 1.82) is 0 Å². The summed E-state index contributed by atoms with van der Waals surface area (Å²) in [7, 11) is -3.70. The molecule has 0 aliphatic carbocycles. The van der Waals surface area contributed by atoms with Crippen LogP contribution in [-0.4, -0.2) is 95.7 Å². The Bertz CT molecular complexity index is 1190. The number of hydrogen-bond donors (Lipinski definition) is 3. The van der Waals surface area contributed by atoms with Crippen LogP contribution in [0.2, 0.25) is 0 Å². The van der Waals surface area contributed by atoms with Crippen molar-refractivity contribution in [3.8, 4) is 0 Å². The van der Waals surface area contributed by atoms with Crippen LogP contribution in [0, 0.1) is 0 Å². The molecular weight excluding hydrogens is 504 g/mol. The molecule has 3 N–H and O–H groups in total. The Morgan fingerprint density at radius 3 is 2.43 bits per heavy atom. The van der Waals surface area contributed by atoms with Gasteiger partial charge in [-0.15, -0.1) is 0 Å². The molecule has 2 unspecified atom stereocenters. The van der Waals surface area contributed by atoms with E-state index in [9.17, 15) is 32.7 Å². The predicted molar refractivity (Wildman–Crippen MR) is 130 cm³/mol. The lowest BCUT2D eigenvalue weighted by atomic mass is 9.97. The second-order valence-corrected chi connectivity index (χ2v) is 11.4. The fourth-order valence-electron chi connectivity index (χ4n) is 4.74. The monoisotopic (exact) mass is 534 g/mol. The Morgan fingerprint density at radius 2 is 1.78 bits per heavy atom. The van der Waals surface area contributed by atoms with Crippen LogP contribution in [0.25, 0.3) is 0 Å². The normalized spacial score (nSPS) is 28.6. The molecule has 0 spiro atoms. The molecule has 2 fully saturated rings. The average Bonchev–Trinajstić information content (AvgIpc) is 3.20. The van der Waals surface area contributed by atoms with E-state index in [2.05, 4.69) is 15.4 Å². The van der Waals surface area contributed by atoms with Crippen LogP contribution in [0.1, 0.15) is 36.5 Å². The number of esters is 1. The zero-order valence-corrected chi connectivity index (χ0v) is 21.1. The van der Waals surface area contributed by atoms with E-state index in [0.717, 1.165) is 0 Å². The number of carbonyl (C=O) groups excluding carboxylic acids is 4. The molecule has 4 rings (SSSR count). The molecule has 3 aliphatic rings. The molecule has 37 heavy (non-hydrogen) atoms. The Morgan fingerprint density at radius 1 is 1.08 bits per heavy atom. The zero-order chi connectivity index (χ0) is 26.7. The summed E-state index contributed by atoms with van der Waals surface area (Å²) in [6.07, 6.45) is 2.25. The van der Waals surface area contributed by atoms with Gasteiger partial charge in [0.2, 0.25) is 28.1 Å². The van der Waals surface area contributed by atoms with Gasteiger partial charge < -0.3 is 25.4 Å². The second-order valence-electron chi connectivity index (χ2n) is 9.17. The van der Waals surface area contributed by atoms with E-state index in [1.54, 1.807) is 42.5 Å². The van der Waals surface area contributed by atoms with Gasteiger partial charge in [0.1, 0.15) is 18.1 Å². The Kier molecular flexibility index (Phi) is 7.95. The van der Waals surface area contributed by atoms with Gasteiger partial charge >= 0.3 is 5.97 Å². The first-order valence-corrected chi connectivity index (χ1v) is 13.7. The lowest BCUT2D eigenvalue weighted by Crippen LogP contribution is -2.68. The number of benzene rings is 1. The van der Waals surface area contributed by atoms with E-state index >= 15 is 0 Å². The van der Waals surface area contributed by atoms with E-state index in [-0.39, 0.29) is 31.7 Å². The first-order chi connectivity index (χ1) is 17.6. The Hall–Kier alpha value is -3.29. The molecule has 2 saturated heterocycles. The van der Waals surface area contributed by atoms with E-state index < -0.39 is 64.2 Å². The predicted octanol–water partition coefficient (Wildman–Crippen LogP) is -0.884. The SMILES string of the molecule is CCS(=O)(=O)N1C[C@@H]2CC=CC[C@H](NC(=O)c3ccccc3)C(=O)N2[C@H](C(=O)NC2CC(=O)OC2O)C1. The highest BCUT2D eigenvalue weighted by Gasteiger charge is 2.47. The summed E-state index contributed by atoms with van der Waals surface area (Å²) in [5.74, 6) is -2.58. The number of ether oxygens (including phenoxy) is 1. The number of fused-ring (bicyclic) bond motifs is 1. The number of amides is 3. The minimum atomic E-state index is -3.70. The number of aliphatic hydroxyl groups is 1. The van der Waals surface area contributed by atoms with Gasteiger partial charge in [-0.05, 0) is 31.9 Å². The van der Waals surface area contributed by atoms with Gasteiger partial charge in [-0.3, -0.25) is 19.2 Å². The van der Waals surface area contributed by atoms with Gasteiger partial charge in [-0.1, -0.05) is 30.4 Å². The van der Waals surface area contributed by atoms with Gasteiger partial charge in [-0.25, -0.2) is 8.42 Å². The molecule has 1 aromatic carbocycles. The van der Waals surface area contributed by atoms with Crippen molar-refractivity contribution in [2.24, 2.45) is 0 Å². The lowest BCUT2D eigenvalue weighted by molar-refractivity contribution is -0.156. The Balaban J connectivity index is 1.63. The topological polar surface area (TPSA) is 162 Å². The van der Waals surface area contributed by atoms with E-state index in [4.69, 9.17) is 0 Å². The highest BCUT2D eigenvalue weighted by molar-refractivity contribution is 7.89. The van der Waals surface area contributed by atoms with E-state index in [0.29, 0.717) is 12.0 Å². The number of sulfonamides is 1. The molecule has 0 aromatic heterocycles. The molecule has 13 heteroatoms. The number of cyclic esters (lactones) is 1. The maximum absolute atomic E-state index is 13.8. The minimum Gasteiger partial charge on any atom is -0.434 e. The van der Waals surface area contributed by atoms with Crippen molar-refractivity contribution < 1.29 is 37.4 Å². The third-order valence-electron chi connectivity index (χ3n) is 6.73. The first-order valence-electron chi connectivity index (χ1n) is 12.1. The third kappa shape index (κ3) is 5.84. The van der Waals surface area contributed by atoms with Crippen LogP contribution < -0.4 is 10.6 Å². The molecular formula is C24H30N4O8S. The summed E-state index contributed by atoms with van der Waals surface area (Å²) in [5, 5.41) is 15.2. The molecule has 3 heterocycles. The maximum Gasteiger partial charge on any atom is 0.310 e. The molecule has 200 valence electrons. The molecule has 0 bridgehead atoms. The number of aliphatic hydroxyl groups excluding tert-OH is 1. The maximum atomic E-state index is 13.8. The first kappa shape index (κ1) is 26.8. The largest absolute Gasteiger partial charge is 0.434 e. The average molecular weight is 535 g/mol. The van der Waals surface area contributed by atoms with E-state index in [1.165, 1.54) is 16.1 Å². The van der Waals surface area contributed by atoms with Crippen LogP contribution in [0.3, 0.4) is 0 Å². The van der Waals surface area contributed by atoms with Crippen LogP contribution in [-0.2, 0) is 29.1 Å². The van der Waals surface area contributed by atoms with Crippen molar-refractivity contribution in [1.82, 2.24) is 19.8 Å². The molecule has 5 atom stereocenters. The fraction of sp³-hybridized carbons (Fsp3) is 0.500. The number of rotatable bonds is 6. The van der Waals surface area contributed by atoms with Gasteiger partial charge in [0.05, 0.1) is 12.2 Å². The Labute approximate surface area is 214 Å². The lowest BCUT2D eigenvalue weighted by Gasteiger charge is -2.47. The molecule has 3 aliphatic heterocycles. The highest BCUT2D eigenvalue weighted by Crippen LogP contribution is 2.26. The van der Waals surface area contributed by atoms with Crippen molar-refractivity contribution in [3.63, 3.8) is 0 Å². The standard InChI is InChI=1S/C24H30N4O8S/c1-2-37(34,35)27-13-16-10-6-7-11-17(25-21(30)15-8-4-3-5-9-15)23(32)28(16)19(14-27)22(31)26-18-12-20(29)36-24(18)33/h3-9,16-19,24,33H,2,10-14H2,1H3,(H,25,30)(H,26,31)/t16-,17-,18?,19-,24?/m0/s1. The van der Waals surface area contributed by atoms with Crippen molar-refractivity contribution in [2.45, 2.75) is 56.6 Å². The summed E-state index contributed by atoms with van der Waals surface area (Å²) in [6.45, 7) is 1.18. The van der Waals surface area contributed by atoms with Gasteiger partial charge in [0.25, 0.3) is 5.91 Å². The number of carbonyl (C=O) groups is 4. The van der Waals surface area contributed by atoms with Crippen molar-refractivity contribution >= 4 is 33.7 Å². The second kappa shape index (κ2) is 11.0. The molecule has 1 aromatic rings. The van der Waals surface area contributed by atoms with Crippen LogP contribution in [0.15, 0.2) is 42.5 Å². The number of nitrogens with zero attached hydrogens (tertiary/aromatic N) is 2. The zero-order valence-electron chi connectivity index (χ0n) is 20.3. The fourth-order valence-corrected chi connectivity index (χ4v) is 5.87. The summed E-state index contributed by atoms with van der Waals surface area (Å²) in [6, 6.07) is 4.45. The number of nitrogens with one attached hydrogen (secondary N) is 2. The quantitative estimate of drug-likeness (QED) is 0.313. The van der Waals surface area contributed by atoms with Gasteiger partial charge in [-0.2, -0.15) is 4.31 Å². The number of piperazine rings is 1. The summed E-state index contributed by atoms with van der Waals surface area (Å²) < 4.78 is 31.4. The van der Waals surface area contributed by atoms with Gasteiger partial charge in [0.15, 0.2) is 0 Å². The van der Waals surface area contributed by atoms with Crippen molar-refractivity contribution in [3.05, 3.63) is 48.0 Å². The minimum absolute atomic E-state index is 0.0109. The highest BCUT2D eigenvalue weighted by atomic mass is 32.2. The summed E-state index contributed by atoms with van der Waals surface area (Å²) in [4.78, 5) is 52.9. The summed E-state index contributed by atoms with van der Waals surface area (Å²) >= 11 is 0. The number of hydrogen-bond acceptors (Lipinski definition) is 8. The molecule has 12 nitrogen and oxygen atoms in total. The molecule has 0 saturated carbocycles. The molecule has 3 amide bonds. The van der Waals surface area contributed by atoms with Crippen molar-refractivity contribution in [2.75, 3.05) is 18.8 Å². The van der Waals surface area contributed by atoms with Crippen LogP contribution in [0.5, 0.6) is 0 Å². The van der Waals surface area contributed by atoms with E-state index in [1.807, 2.05) is 0 Å².